The average molecular weight is 433 g/mol. The minimum Gasteiger partial charge on any atom is -0.322 e. The van der Waals surface area contributed by atoms with Crippen LogP contribution in [0.1, 0.15) is 51.1 Å². The Kier molecular flexibility index (Phi) is 7.01. The summed E-state index contributed by atoms with van der Waals surface area (Å²) in [6.45, 7) is 3.79. The van der Waals surface area contributed by atoms with Crippen LogP contribution in [0.25, 0.3) is 0 Å². The number of rotatable bonds is 6. The number of nitrogens with zero attached hydrogens (tertiary/aromatic N) is 2. The molecular formula is C24H21ClN4O2. The van der Waals surface area contributed by atoms with E-state index in [1.54, 1.807) is 42.5 Å². The predicted octanol–water partition coefficient (Wildman–Crippen LogP) is 5.57. The predicted molar refractivity (Wildman–Crippen MR) is 121 cm³/mol. The summed E-state index contributed by atoms with van der Waals surface area (Å²) >= 11 is 5.77. The molecule has 0 saturated carbocycles. The van der Waals surface area contributed by atoms with E-state index in [0.717, 1.165) is 11.1 Å². The van der Waals surface area contributed by atoms with Crippen molar-refractivity contribution in [2.24, 2.45) is 0 Å². The number of anilines is 2. The molecule has 1 atom stereocenters. The first kappa shape index (κ1) is 22.0. The quantitative estimate of drug-likeness (QED) is 0.498. The molecule has 1 aromatic heterocycles. The van der Waals surface area contributed by atoms with Crippen molar-refractivity contribution in [2.75, 3.05) is 10.6 Å². The highest BCUT2D eigenvalue weighted by molar-refractivity contribution is 6.29. The second kappa shape index (κ2) is 9.88. The molecule has 0 aliphatic rings. The van der Waals surface area contributed by atoms with Crippen molar-refractivity contribution in [3.8, 4) is 6.07 Å². The topological polar surface area (TPSA) is 94.9 Å². The lowest BCUT2D eigenvalue weighted by Crippen LogP contribution is -2.15. The van der Waals surface area contributed by atoms with E-state index >= 15 is 0 Å². The molecule has 1 heterocycles. The summed E-state index contributed by atoms with van der Waals surface area (Å²) < 4.78 is 0. The van der Waals surface area contributed by atoms with Gasteiger partial charge >= 0.3 is 0 Å². The van der Waals surface area contributed by atoms with Gasteiger partial charge < -0.3 is 10.6 Å². The third-order valence-electron chi connectivity index (χ3n) is 4.85. The number of hydrogen-bond donors (Lipinski definition) is 2. The molecule has 0 fully saturated rings. The molecule has 0 bridgehead atoms. The molecule has 6 nitrogen and oxygen atoms in total. The molecule has 3 aromatic rings. The minimum atomic E-state index is -0.328. The highest BCUT2D eigenvalue weighted by Gasteiger charge is 2.13. The molecule has 1 unspecified atom stereocenters. The number of carbonyl (C=O) groups excluding carboxylic acids is 2. The Hall–Kier alpha value is -3.69. The molecule has 31 heavy (non-hydrogen) atoms. The first-order valence-corrected chi connectivity index (χ1v) is 10.1. The van der Waals surface area contributed by atoms with Crippen LogP contribution in [0, 0.1) is 18.3 Å². The zero-order valence-corrected chi connectivity index (χ0v) is 17.9. The van der Waals surface area contributed by atoms with Gasteiger partial charge in [0, 0.05) is 23.1 Å². The molecule has 0 aliphatic carbocycles. The molecule has 156 valence electrons. The van der Waals surface area contributed by atoms with Gasteiger partial charge in [-0.3, -0.25) is 9.59 Å². The van der Waals surface area contributed by atoms with Gasteiger partial charge in [0.2, 0.25) is 0 Å². The van der Waals surface area contributed by atoms with Crippen LogP contribution in [0.4, 0.5) is 11.4 Å². The number of benzene rings is 2. The smallest absolute Gasteiger partial charge is 0.257 e. The number of nitrogens with one attached hydrogen (secondary N) is 2. The fraction of sp³-hybridized carbons (Fsp3) is 0.167. The van der Waals surface area contributed by atoms with Crippen LogP contribution in [0.15, 0.2) is 60.8 Å². The molecule has 2 amide bonds. The van der Waals surface area contributed by atoms with E-state index in [4.69, 9.17) is 11.6 Å². The van der Waals surface area contributed by atoms with E-state index in [0.29, 0.717) is 34.1 Å². The van der Waals surface area contributed by atoms with Gasteiger partial charge in [-0.2, -0.15) is 5.26 Å². The third-order valence-corrected chi connectivity index (χ3v) is 5.07. The normalized spacial score (nSPS) is 11.3. The summed E-state index contributed by atoms with van der Waals surface area (Å²) in [6.07, 6.45) is 2.07. The number of nitriles is 1. The van der Waals surface area contributed by atoms with Crippen molar-refractivity contribution >= 4 is 34.8 Å². The first-order valence-electron chi connectivity index (χ1n) is 9.75. The van der Waals surface area contributed by atoms with Gasteiger partial charge in [-0.15, -0.1) is 0 Å². The second-order valence-electron chi connectivity index (χ2n) is 7.02. The fourth-order valence-electron chi connectivity index (χ4n) is 3.04. The van der Waals surface area contributed by atoms with E-state index in [9.17, 15) is 14.9 Å². The number of aromatic nitrogens is 1. The van der Waals surface area contributed by atoms with E-state index in [1.165, 1.54) is 6.20 Å². The summed E-state index contributed by atoms with van der Waals surface area (Å²) in [4.78, 5) is 29.1. The number of carbonyl (C=O) groups is 2. The fourth-order valence-corrected chi connectivity index (χ4v) is 3.15. The highest BCUT2D eigenvalue weighted by atomic mass is 35.5. The lowest BCUT2D eigenvalue weighted by Gasteiger charge is -2.13. The van der Waals surface area contributed by atoms with Crippen molar-refractivity contribution < 1.29 is 9.59 Å². The van der Waals surface area contributed by atoms with Gasteiger partial charge in [-0.25, -0.2) is 4.98 Å². The zero-order chi connectivity index (χ0) is 22.4. The highest BCUT2D eigenvalue weighted by Crippen LogP contribution is 2.23. The standard InChI is InChI=1S/C24H21ClN4O2/c1-3-16(13-26)17-5-4-6-18(11-17)23(30)28-20-9-7-15(2)21(12-20)29-24(31)19-8-10-22(25)27-14-19/h4-12,14,16H,3H2,1-2H3,(H,28,30)(H,29,31). The van der Waals surface area contributed by atoms with Crippen LogP contribution in [0.2, 0.25) is 5.15 Å². The van der Waals surface area contributed by atoms with E-state index in [2.05, 4.69) is 21.7 Å². The lowest BCUT2D eigenvalue weighted by molar-refractivity contribution is 0.101. The number of aryl methyl sites for hydroxylation is 1. The Bertz CT molecular complexity index is 1150. The van der Waals surface area contributed by atoms with Crippen LogP contribution in [0.5, 0.6) is 0 Å². The molecule has 0 radical (unpaired) electrons. The van der Waals surface area contributed by atoms with Crippen LogP contribution in [-0.2, 0) is 0 Å². The largest absolute Gasteiger partial charge is 0.322 e. The van der Waals surface area contributed by atoms with Gasteiger partial charge in [0.25, 0.3) is 11.8 Å². The number of pyridine rings is 1. The Labute approximate surface area is 185 Å². The third kappa shape index (κ3) is 5.47. The maximum atomic E-state index is 12.7. The van der Waals surface area contributed by atoms with Gasteiger partial charge in [0.15, 0.2) is 0 Å². The Balaban J connectivity index is 1.76. The molecule has 2 aromatic carbocycles. The molecule has 0 aliphatic heterocycles. The van der Waals surface area contributed by atoms with Crippen LogP contribution in [-0.4, -0.2) is 16.8 Å². The number of hydrogen-bond acceptors (Lipinski definition) is 4. The summed E-state index contributed by atoms with van der Waals surface area (Å²) in [5, 5.41) is 15.3. The maximum absolute atomic E-state index is 12.7. The summed E-state index contributed by atoms with van der Waals surface area (Å²) in [5.74, 6) is -0.875. The Morgan fingerprint density at radius 1 is 1.06 bits per heavy atom. The SMILES string of the molecule is CCC(C#N)c1cccc(C(=O)Nc2ccc(C)c(NC(=O)c3ccc(Cl)nc3)c2)c1. The number of amides is 2. The molecular weight excluding hydrogens is 412 g/mol. The van der Waals surface area contributed by atoms with Crippen LogP contribution < -0.4 is 10.6 Å². The van der Waals surface area contributed by atoms with Crippen molar-refractivity contribution in [1.82, 2.24) is 4.98 Å². The first-order chi connectivity index (χ1) is 14.9. The zero-order valence-electron chi connectivity index (χ0n) is 17.1. The summed E-state index contributed by atoms with van der Waals surface area (Å²) in [7, 11) is 0. The molecule has 2 N–H and O–H groups in total. The minimum absolute atomic E-state index is 0.253. The molecule has 3 rings (SSSR count). The van der Waals surface area contributed by atoms with Gasteiger partial charge in [0.05, 0.1) is 17.6 Å². The van der Waals surface area contributed by atoms with E-state index < -0.39 is 0 Å². The molecule has 0 saturated heterocycles. The Morgan fingerprint density at radius 3 is 2.52 bits per heavy atom. The Morgan fingerprint density at radius 2 is 1.84 bits per heavy atom. The van der Waals surface area contributed by atoms with Crippen molar-refractivity contribution in [1.29, 1.82) is 5.26 Å². The van der Waals surface area contributed by atoms with Crippen LogP contribution >= 0.6 is 11.6 Å². The summed E-state index contributed by atoms with van der Waals surface area (Å²) in [5.41, 5.74) is 3.60. The molecule has 7 heteroatoms. The van der Waals surface area contributed by atoms with Gasteiger partial charge in [-0.1, -0.05) is 36.7 Å². The number of halogens is 1. The van der Waals surface area contributed by atoms with E-state index in [-0.39, 0.29) is 17.7 Å². The van der Waals surface area contributed by atoms with Gasteiger partial charge in [0.1, 0.15) is 5.15 Å². The monoisotopic (exact) mass is 432 g/mol. The van der Waals surface area contributed by atoms with Crippen molar-refractivity contribution in [3.63, 3.8) is 0 Å². The second-order valence-corrected chi connectivity index (χ2v) is 7.41. The molecule has 0 spiro atoms. The van der Waals surface area contributed by atoms with Crippen molar-refractivity contribution in [3.05, 3.63) is 88.2 Å². The lowest BCUT2D eigenvalue weighted by atomic mass is 9.96. The summed E-state index contributed by atoms with van der Waals surface area (Å²) in [6, 6.07) is 17.7. The average Bonchev–Trinajstić information content (AvgIpc) is 2.77. The van der Waals surface area contributed by atoms with Crippen molar-refractivity contribution in [2.45, 2.75) is 26.2 Å². The van der Waals surface area contributed by atoms with Gasteiger partial charge in [-0.05, 0) is 60.9 Å². The van der Waals surface area contributed by atoms with Crippen LogP contribution in [0.3, 0.4) is 0 Å². The maximum Gasteiger partial charge on any atom is 0.257 e. The van der Waals surface area contributed by atoms with E-state index in [1.807, 2.05) is 26.0 Å².